The Morgan fingerprint density at radius 3 is 2.46 bits per heavy atom. The molecule has 1 aliphatic rings. The van der Waals surface area contributed by atoms with Crippen LogP contribution in [0.5, 0.6) is 0 Å². The summed E-state index contributed by atoms with van der Waals surface area (Å²) in [7, 11) is 0. The molecule has 8 nitrogen and oxygen atoms in total. The van der Waals surface area contributed by atoms with Crippen molar-refractivity contribution in [2.45, 2.75) is 32.7 Å². The first-order valence-corrected chi connectivity index (χ1v) is 9.00. The molecule has 0 heterocycles. The van der Waals surface area contributed by atoms with Gasteiger partial charge in [0.15, 0.2) is 0 Å². The standard InChI is InChI=1S/C20H23NO7/c1-3-28-17(23)11-15-12-20(13(2)22,19(24)25)16(18(15)21(26)27)10-9-14-7-5-4-6-8-14/h4-10,15-16,18H,3,11-12H2,1-2H3,(H,24,25)/b10-9+. The summed E-state index contributed by atoms with van der Waals surface area (Å²) >= 11 is 0. The van der Waals surface area contributed by atoms with Crippen LogP contribution in [0, 0.1) is 27.4 Å². The fraction of sp³-hybridized carbons (Fsp3) is 0.450. The van der Waals surface area contributed by atoms with Crippen LogP contribution < -0.4 is 0 Å². The van der Waals surface area contributed by atoms with Crippen molar-refractivity contribution in [3.8, 4) is 0 Å². The van der Waals surface area contributed by atoms with Gasteiger partial charge in [-0.15, -0.1) is 0 Å². The third kappa shape index (κ3) is 4.11. The van der Waals surface area contributed by atoms with E-state index in [1.165, 1.54) is 6.08 Å². The summed E-state index contributed by atoms with van der Waals surface area (Å²) in [5.41, 5.74) is -1.23. The lowest BCUT2D eigenvalue weighted by Gasteiger charge is -2.26. The highest BCUT2D eigenvalue weighted by atomic mass is 16.6. The summed E-state index contributed by atoms with van der Waals surface area (Å²) in [6, 6.07) is 7.50. The zero-order valence-corrected chi connectivity index (χ0v) is 15.7. The third-order valence-corrected chi connectivity index (χ3v) is 5.29. The van der Waals surface area contributed by atoms with E-state index in [9.17, 15) is 29.6 Å². The molecule has 0 spiro atoms. The van der Waals surface area contributed by atoms with Crippen LogP contribution in [-0.4, -0.2) is 40.4 Å². The highest BCUT2D eigenvalue weighted by Gasteiger charge is 2.65. The normalized spacial score (nSPS) is 26.9. The van der Waals surface area contributed by atoms with Crippen molar-refractivity contribution in [1.82, 2.24) is 0 Å². The maximum atomic E-state index is 12.4. The second-order valence-electron chi connectivity index (χ2n) is 6.88. The summed E-state index contributed by atoms with van der Waals surface area (Å²) in [6.45, 7) is 2.85. The first-order chi connectivity index (χ1) is 13.2. The van der Waals surface area contributed by atoms with Crippen molar-refractivity contribution >= 4 is 23.8 Å². The van der Waals surface area contributed by atoms with E-state index >= 15 is 0 Å². The van der Waals surface area contributed by atoms with E-state index < -0.39 is 45.9 Å². The minimum Gasteiger partial charge on any atom is -0.480 e. The van der Waals surface area contributed by atoms with Crippen molar-refractivity contribution in [3.05, 3.63) is 52.1 Å². The molecule has 150 valence electrons. The van der Waals surface area contributed by atoms with Gasteiger partial charge in [0.05, 0.1) is 18.9 Å². The Morgan fingerprint density at radius 2 is 1.96 bits per heavy atom. The van der Waals surface area contributed by atoms with Crippen LogP contribution in [0.25, 0.3) is 6.08 Å². The average Bonchev–Trinajstić information content (AvgIpc) is 2.96. The number of Topliss-reactive ketones (excluding diaryl/α,β-unsaturated/α-hetero) is 1. The number of ketones is 1. The van der Waals surface area contributed by atoms with Crippen LogP contribution in [0.15, 0.2) is 36.4 Å². The number of carboxylic acid groups (broad SMARTS) is 1. The first kappa shape index (κ1) is 21.3. The predicted molar refractivity (Wildman–Crippen MR) is 99.9 cm³/mol. The SMILES string of the molecule is CCOC(=O)CC1CC(C(C)=O)(C(=O)O)C(/C=C/c2ccccc2)C1[N+](=O)[O-]. The van der Waals surface area contributed by atoms with Gasteiger partial charge < -0.3 is 9.84 Å². The number of rotatable bonds is 8. The Hall–Kier alpha value is -3.03. The third-order valence-electron chi connectivity index (χ3n) is 5.29. The van der Waals surface area contributed by atoms with E-state index in [-0.39, 0.29) is 19.4 Å². The summed E-state index contributed by atoms with van der Waals surface area (Å²) in [6.07, 6.45) is 2.40. The summed E-state index contributed by atoms with van der Waals surface area (Å²) in [4.78, 5) is 47.7. The maximum absolute atomic E-state index is 12.4. The van der Waals surface area contributed by atoms with Gasteiger partial charge >= 0.3 is 11.9 Å². The number of aliphatic carboxylic acids is 1. The monoisotopic (exact) mass is 389 g/mol. The molecule has 1 saturated carbocycles. The molecule has 1 aromatic carbocycles. The molecular formula is C20H23NO7. The molecule has 0 amide bonds. The van der Waals surface area contributed by atoms with Gasteiger partial charge in [-0.1, -0.05) is 42.5 Å². The number of carboxylic acids is 1. The number of nitrogens with zero attached hydrogens (tertiary/aromatic N) is 1. The Kier molecular flexibility index (Phi) is 6.66. The van der Waals surface area contributed by atoms with Gasteiger partial charge in [-0.25, -0.2) is 0 Å². The van der Waals surface area contributed by atoms with Gasteiger partial charge in [-0.05, 0) is 25.8 Å². The fourth-order valence-electron chi connectivity index (χ4n) is 4.00. The molecule has 1 aromatic rings. The van der Waals surface area contributed by atoms with Crippen LogP contribution in [0.3, 0.4) is 0 Å². The van der Waals surface area contributed by atoms with E-state index in [0.717, 1.165) is 12.5 Å². The molecule has 28 heavy (non-hydrogen) atoms. The van der Waals surface area contributed by atoms with Gasteiger partial charge in [0, 0.05) is 10.8 Å². The van der Waals surface area contributed by atoms with Crippen molar-refractivity contribution in [2.75, 3.05) is 6.61 Å². The van der Waals surface area contributed by atoms with Crippen LogP contribution in [0.4, 0.5) is 0 Å². The van der Waals surface area contributed by atoms with Gasteiger partial charge in [0.2, 0.25) is 6.04 Å². The van der Waals surface area contributed by atoms with Crippen LogP contribution >= 0.6 is 0 Å². The smallest absolute Gasteiger partial charge is 0.318 e. The topological polar surface area (TPSA) is 124 Å². The molecule has 8 heteroatoms. The molecule has 4 atom stereocenters. The Labute approximate surface area is 162 Å². The van der Waals surface area contributed by atoms with Crippen LogP contribution in [0.2, 0.25) is 0 Å². The number of hydrogen-bond acceptors (Lipinski definition) is 6. The maximum Gasteiger partial charge on any atom is 0.318 e. The molecule has 1 aliphatic carbocycles. The molecule has 0 aliphatic heterocycles. The minimum atomic E-state index is -1.96. The predicted octanol–water partition coefficient (Wildman–Crippen LogP) is 2.59. The molecule has 2 rings (SSSR count). The van der Waals surface area contributed by atoms with Gasteiger partial charge in [-0.3, -0.25) is 24.5 Å². The van der Waals surface area contributed by atoms with E-state index in [4.69, 9.17) is 4.74 Å². The second kappa shape index (κ2) is 8.77. The number of hydrogen-bond donors (Lipinski definition) is 1. The Bertz CT molecular complexity index is 773. The fourth-order valence-corrected chi connectivity index (χ4v) is 4.00. The van der Waals surface area contributed by atoms with E-state index in [1.807, 2.05) is 0 Å². The number of benzene rings is 1. The number of nitro groups is 1. The number of esters is 1. The van der Waals surface area contributed by atoms with Gasteiger partial charge in [0.1, 0.15) is 11.2 Å². The lowest BCUT2D eigenvalue weighted by Crippen LogP contribution is -2.44. The Morgan fingerprint density at radius 1 is 1.32 bits per heavy atom. The van der Waals surface area contributed by atoms with Crippen LogP contribution in [0.1, 0.15) is 32.3 Å². The largest absolute Gasteiger partial charge is 0.480 e. The number of carbonyl (C=O) groups excluding carboxylic acids is 2. The number of ether oxygens (including phenoxy) is 1. The summed E-state index contributed by atoms with van der Waals surface area (Å²) in [5.74, 6) is -4.83. The molecule has 0 aromatic heterocycles. The lowest BCUT2D eigenvalue weighted by atomic mass is 9.73. The van der Waals surface area contributed by atoms with Crippen molar-refractivity contribution in [3.63, 3.8) is 0 Å². The average molecular weight is 389 g/mol. The minimum absolute atomic E-state index is 0.114. The molecule has 0 saturated heterocycles. The van der Waals surface area contributed by atoms with Crippen molar-refractivity contribution in [1.29, 1.82) is 0 Å². The summed E-state index contributed by atoms with van der Waals surface area (Å²) < 4.78 is 4.87. The lowest BCUT2D eigenvalue weighted by molar-refractivity contribution is -0.535. The van der Waals surface area contributed by atoms with Gasteiger partial charge in [0.25, 0.3) is 0 Å². The highest BCUT2D eigenvalue weighted by Crippen LogP contribution is 2.51. The van der Waals surface area contributed by atoms with E-state index in [2.05, 4.69) is 0 Å². The Balaban J connectivity index is 2.50. The zero-order valence-electron chi connectivity index (χ0n) is 15.7. The molecular weight excluding hydrogens is 366 g/mol. The second-order valence-corrected chi connectivity index (χ2v) is 6.88. The van der Waals surface area contributed by atoms with Crippen molar-refractivity contribution < 1.29 is 29.2 Å². The first-order valence-electron chi connectivity index (χ1n) is 9.00. The molecule has 0 radical (unpaired) electrons. The van der Waals surface area contributed by atoms with E-state index in [0.29, 0.717) is 0 Å². The number of carbonyl (C=O) groups is 3. The quantitative estimate of drug-likeness (QED) is 0.314. The van der Waals surface area contributed by atoms with Gasteiger partial charge in [-0.2, -0.15) is 0 Å². The molecule has 4 unspecified atom stereocenters. The molecule has 1 N–H and O–H groups in total. The zero-order chi connectivity index (χ0) is 20.9. The highest BCUT2D eigenvalue weighted by molar-refractivity contribution is 6.03. The van der Waals surface area contributed by atoms with E-state index in [1.54, 1.807) is 43.3 Å². The molecule has 1 fully saturated rings. The van der Waals surface area contributed by atoms with Crippen LogP contribution in [-0.2, 0) is 19.1 Å². The summed E-state index contributed by atoms with van der Waals surface area (Å²) in [5, 5.41) is 21.7. The molecule has 0 bridgehead atoms. The van der Waals surface area contributed by atoms with Crippen molar-refractivity contribution in [2.24, 2.45) is 17.3 Å².